The molecule has 1 aromatic carbocycles. The standard InChI is InChI=1S/C16H22N2S/c1-4-8-17-16(10-15-11-19-13(3)18-15)14-7-5-6-12(2)9-14/h5-7,9,11,16-17H,4,8,10H2,1-3H3. The van der Waals surface area contributed by atoms with E-state index in [9.17, 15) is 0 Å². The van der Waals surface area contributed by atoms with Gasteiger partial charge >= 0.3 is 0 Å². The molecule has 0 saturated heterocycles. The van der Waals surface area contributed by atoms with E-state index in [0.717, 1.165) is 24.4 Å². The molecule has 1 heterocycles. The molecule has 0 spiro atoms. The van der Waals surface area contributed by atoms with Gasteiger partial charge in [0.2, 0.25) is 0 Å². The van der Waals surface area contributed by atoms with E-state index in [-0.39, 0.29) is 0 Å². The van der Waals surface area contributed by atoms with Crippen LogP contribution in [0.4, 0.5) is 0 Å². The molecule has 2 nitrogen and oxygen atoms in total. The summed E-state index contributed by atoms with van der Waals surface area (Å²) in [5.74, 6) is 0. The van der Waals surface area contributed by atoms with Gasteiger partial charge in [-0.25, -0.2) is 4.98 Å². The first-order chi connectivity index (χ1) is 9.19. The molecule has 0 aliphatic rings. The van der Waals surface area contributed by atoms with E-state index in [1.807, 2.05) is 0 Å². The van der Waals surface area contributed by atoms with Crippen LogP contribution in [0.15, 0.2) is 29.6 Å². The van der Waals surface area contributed by atoms with Gasteiger partial charge < -0.3 is 5.32 Å². The van der Waals surface area contributed by atoms with Gasteiger partial charge in [0, 0.05) is 17.8 Å². The average molecular weight is 274 g/mol. The summed E-state index contributed by atoms with van der Waals surface area (Å²) in [5, 5.41) is 6.95. The van der Waals surface area contributed by atoms with Crippen LogP contribution < -0.4 is 5.32 Å². The molecule has 2 rings (SSSR count). The van der Waals surface area contributed by atoms with Crippen LogP contribution in [0.1, 0.15) is 41.2 Å². The maximum Gasteiger partial charge on any atom is 0.0897 e. The van der Waals surface area contributed by atoms with Crippen LogP contribution in [0, 0.1) is 13.8 Å². The van der Waals surface area contributed by atoms with E-state index in [1.54, 1.807) is 11.3 Å². The molecule has 0 bridgehead atoms. The molecule has 1 atom stereocenters. The van der Waals surface area contributed by atoms with Gasteiger partial charge in [0.25, 0.3) is 0 Å². The molecule has 0 saturated carbocycles. The molecular weight excluding hydrogens is 252 g/mol. The Balaban J connectivity index is 2.15. The average Bonchev–Trinajstić information content (AvgIpc) is 2.80. The van der Waals surface area contributed by atoms with Crippen molar-refractivity contribution in [1.29, 1.82) is 0 Å². The second kappa shape index (κ2) is 6.83. The van der Waals surface area contributed by atoms with Crippen LogP contribution in [0.2, 0.25) is 0 Å². The van der Waals surface area contributed by atoms with Crippen molar-refractivity contribution in [2.24, 2.45) is 0 Å². The van der Waals surface area contributed by atoms with Crippen LogP contribution >= 0.6 is 11.3 Å². The summed E-state index contributed by atoms with van der Waals surface area (Å²) in [7, 11) is 0. The van der Waals surface area contributed by atoms with E-state index >= 15 is 0 Å². The number of nitrogens with one attached hydrogen (secondary N) is 1. The molecule has 1 unspecified atom stereocenters. The molecule has 3 heteroatoms. The zero-order chi connectivity index (χ0) is 13.7. The fraction of sp³-hybridized carbons (Fsp3) is 0.438. The predicted octanol–water partition coefficient (Wildman–Crippen LogP) is 4.04. The molecule has 1 aromatic heterocycles. The molecule has 0 radical (unpaired) electrons. The summed E-state index contributed by atoms with van der Waals surface area (Å²) < 4.78 is 0. The zero-order valence-corrected chi connectivity index (χ0v) is 12.8. The maximum atomic E-state index is 4.59. The Morgan fingerprint density at radius 3 is 2.79 bits per heavy atom. The molecule has 0 aliphatic carbocycles. The minimum atomic E-state index is 0.362. The number of benzene rings is 1. The van der Waals surface area contributed by atoms with Gasteiger partial charge in [-0.1, -0.05) is 36.8 Å². The Bertz CT molecular complexity index is 519. The highest BCUT2D eigenvalue weighted by Gasteiger charge is 2.13. The Labute approximate surface area is 119 Å². The Morgan fingerprint density at radius 1 is 1.32 bits per heavy atom. The van der Waals surface area contributed by atoms with E-state index in [1.165, 1.54) is 16.8 Å². The maximum absolute atomic E-state index is 4.59. The monoisotopic (exact) mass is 274 g/mol. The van der Waals surface area contributed by atoms with Gasteiger partial charge in [-0.2, -0.15) is 0 Å². The summed E-state index contributed by atoms with van der Waals surface area (Å²) in [5.41, 5.74) is 3.87. The van der Waals surface area contributed by atoms with Crippen LogP contribution in [-0.4, -0.2) is 11.5 Å². The number of thiazole rings is 1. The number of hydrogen-bond donors (Lipinski definition) is 1. The summed E-state index contributed by atoms with van der Waals surface area (Å²) in [6, 6.07) is 9.12. The first-order valence-electron chi connectivity index (χ1n) is 6.90. The molecule has 1 N–H and O–H groups in total. The lowest BCUT2D eigenvalue weighted by Gasteiger charge is -2.18. The third-order valence-corrected chi connectivity index (χ3v) is 3.99. The fourth-order valence-electron chi connectivity index (χ4n) is 2.22. The largest absolute Gasteiger partial charge is 0.310 e. The predicted molar refractivity (Wildman–Crippen MR) is 82.8 cm³/mol. The number of hydrogen-bond acceptors (Lipinski definition) is 3. The molecule has 2 aromatic rings. The Morgan fingerprint density at radius 2 is 2.16 bits per heavy atom. The van der Waals surface area contributed by atoms with Gasteiger partial charge in [0.05, 0.1) is 10.7 Å². The third kappa shape index (κ3) is 4.15. The highest BCUT2D eigenvalue weighted by Crippen LogP contribution is 2.20. The van der Waals surface area contributed by atoms with Gasteiger partial charge in [-0.05, 0) is 32.4 Å². The van der Waals surface area contributed by atoms with Crippen LogP contribution in [0.25, 0.3) is 0 Å². The molecule has 19 heavy (non-hydrogen) atoms. The topological polar surface area (TPSA) is 24.9 Å². The van der Waals surface area contributed by atoms with Crippen molar-refractivity contribution in [3.63, 3.8) is 0 Å². The van der Waals surface area contributed by atoms with Crippen LogP contribution in [-0.2, 0) is 6.42 Å². The second-order valence-electron chi connectivity index (χ2n) is 4.98. The number of aryl methyl sites for hydroxylation is 2. The Kier molecular flexibility index (Phi) is 5.11. The quantitative estimate of drug-likeness (QED) is 0.860. The van der Waals surface area contributed by atoms with Gasteiger partial charge in [-0.15, -0.1) is 11.3 Å². The second-order valence-corrected chi connectivity index (χ2v) is 6.05. The molecule has 0 aliphatic heterocycles. The molecule has 0 fully saturated rings. The molecule has 102 valence electrons. The summed E-state index contributed by atoms with van der Waals surface area (Å²) in [4.78, 5) is 4.59. The lowest BCUT2D eigenvalue weighted by molar-refractivity contribution is 0.525. The van der Waals surface area contributed by atoms with Crippen LogP contribution in [0.5, 0.6) is 0 Å². The highest BCUT2D eigenvalue weighted by molar-refractivity contribution is 7.09. The Hall–Kier alpha value is -1.19. The third-order valence-electron chi connectivity index (χ3n) is 3.17. The summed E-state index contributed by atoms with van der Waals surface area (Å²) >= 11 is 1.73. The molecular formula is C16H22N2S. The van der Waals surface area contributed by atoms with E-state index < -0.39 is 0 Å². The lowest BCUT2D eigenvalue weighted by Crippen LogP contribution is -2.24. The van der Waals surface area contributed by atoms with Gasteiger partial charge in [0.15, 0.2) is 0 Å². The van der Waals surface area contributed by atoms with Crippen molar-refractivity contribution < 1.29 is 0 Å². The van der Waals surface area contributed by atoms with Crippen molar-refractivity contribution in [2.45, 2.75) is 39.7 Å². The minimum absolute atomic E-state index is 0.362. The normalized spacial score (nSPS) is 12.6. The summed E-state index contributed by atoms with van der Waals surface area (Å²) in [6.07, 6.45) is 2.12. The lowest BCUT2D eigenvalue weighted by atomic mass is 10.0. The number of nitrogens with zero attached hydrogens (tertiary/aromatic N) is 1. The smallest absolute Gasteiger partial charge is 0.0897 e. The SMILES string of the molecule is CCCNC(Cc1csc(C)n1)c1cccc(C)c1. The van der Waals surface area contributed by atoms with Crippen molar-refractivity contribution in [3.8, 4) is 0 Å². The van der Waals surface area contributed by atoms with E-state index in [0.29, 0.717) is 6.04 Å². The van der Waals surface area contributed by atoms with Gasteiger partial charge in [0.1, 0.15) is 0 Å². The van der Waals surface area contributed by atoms with E-state index in [2.05, 4.69) is 60.7 Å². The van der Waals surface area contributed by atoms with Crippen molar-refractivity contribution in [3.05, 3.63) is 51.5 Å². The zero-order valence-electron chi connectivity index (χ0n) is 11.9. The van der Waals surface area contributed by atoms with Crippen molar-refractivity contribution in [1.82, 2.24) is 10.3 Å². The fourth-order valence-corrected chi connectivity index (χ4v) is 2.85. The van der Waals surface area contributed by atoms with Gasteiger partial charge in [-0.3, -0.25) is 0 Å². The summed E-state index contributed by atoms with van der Waals surface area (Å²) in [6.45, 7) is 7.46. The van der Waals surface area contributed by atoms with Crippen LogP contribution in [0.3, 0.4) is 0 Å². The van der Waals surface area contributed by atoms with E-state index in [4.69, 9.17) is 0 Å². The first kappa shape index (κ1) is 14.2. The first-order valence-corrected chi connectivity index (χ1v) is 7.78. The highest BCUT2D eigenvalue weighted by atomic mass is 32.1. The van der Waals surface area contributed by atoms with Crippen molar-refractivity contribution in [2.75, 3.05) is 6.54 Å². The van der Waals surface area contributed by atoms with Crippen molar-refractivity contribution >= 4 is 11.3 Å². The minimum Gasteiger partial charge on any atom is -0.310 e. The number of rotatable bonds is 6. The molecule has 0 amide bonds. The number of aromatic nitrogens is 1.